The molecular formula is C12H16BN2O. The van der Waals surface area contributed by atoms with Crippen LogP contribution in [-0.2, 0) is 0 Å². The van der Waals surface area contributed by atoms with E-state index in [9.17, 15) is 4.79 Å². The van der Waals surface area contributed by atoms with Crippen molar-refractivity contribution < 1.29 is 4.79 Å². The van der Waals surface area contributed by atoms with Crippen LogP contribution in [-0.4, -0.2) is 43.7 Å². The minimum atomic E-state index is 0.111. The van der Waals surface area contributed by atoms with E-state index in [0.29, 0.717) is 6.04 Å². The van der Waals surface area contributed by atoms with E-state index in [1.165, 1.54) is 0 Å². The molecule has 1 heterocycles. The van der Waals surface area contributed by atoms with Crippen molar-refractivity contribution in [1.29, 1.82) is 0 Å². The highest BCUT2D eigenvalue weighted by Crippen LogP contribution is 1.99. The first kappa shape index (κ1) is 11.2. The summed E-state index contributed by atoms with van der Waals surface area (Å²) < 4.78 is 0. The molecule has 1 aromatic rings. The number of hydrogen-bond acceptors (Lipinski definition) is 2. The summed E-state index contributed by atoms with van der Waals surface area (Å²) in [4.78, 5) is 13.9. The van der Waals surface area contributed by atoms with Gasteiger partial charge in [-0.3, -0.25) is 4.79 Å². The molecule has 16 heavy (non-hydrogen) atoms. The Balaban J connectivity index is 1.93. The monoisotopic (exact) mass is 215 g/mol. The van der Waals surface area contributed by atoms with Gasteiger partial charge in [-0.15, -0.1) is 0 Å². The number of carbonyl (C=O) groups excluding carboxylic acids is 1. The van der Waals surface area contributed by atoms with E-state index >= 15 is 0 Å². The molecule has 83 valence electrons. The molecule has 1 atom stereocenters. The van der Waals surface area contributed by atoms with Crippen LogP contribution in [0.15, 0.2) is 30.3 Å². The Bertz CT molecular complexity index is 355. The fourth-order valence-corrected chi connectivity index (χ4v) is 1.92. The second-order valence-electron chi connectivity index (χ2n) is 4.19. The molecule has 4 heteroatoms. The van der Waals surface area contributed by atoms with E-state index in [4.69, 9.17) is 0 Å². The lowest BCUT2D eigenvalue weighted by Gasteiger charge is -2.32. The average Bonchev–Trinajstić information content (AvgIpc) is 2.30. The van der Waals surface area contributed by atoms with Crippen molar-refractivity contribution >= 4 is 18.5 Å². The number of benzene rings is 1. The summed E-state index contributed by atoms with van der Waals surface area (Å²) in [6, 6.07) is 10.1. The Morgan fingerprint density at radius 1 is 1.44 bits per heavy atom. The smallest absolute Gasteiger partial charge is 0.271 e. The molecule has 2 rings (SSSR count). The van der Waals surface area contributed by atoms with E-state index in [1.807, 2.05) is 35.2 Å². The minimum Gasteiger partial charge on any atom is -0.349 e. The minimum absolute atomic E-state index is 0.111. The van der Waals surface area contributed by atoms with E-state index in [2.05, 4.69) is 12.2 Å². The molecule has 0 aromatic heterocycles. The van der Waals surface area contributed by atoms with Crippen LogP contribution in [0.5, 0.6) is 0 Å². The number of nitrogens with zero attached hydrogens (tertiary/aromatic N) is 1. The van der Waals surface area contributed by atoms with Gasteiger partial charge < -0.3 is 10.2 Å². The zero-order chi connectivity index (χ0) is 11.4. The van der Waals surface area contributed by atoms with Crippen molar-refractivity contribution in [3.05, 3.63) is 30.3 Å². The van der Waals surface area contributed by atoms with Crippen molar-refractivity contribution in [2.45, 2.75) is 13.0 Å². The molecular weight excluding hydrogens is 199 g/mol. The van der Waals surface area contributed by atoms with Gasteiger partial charge in [-0.25, -0.2) is 0 Å². The Morgan fingerprint density at radius 3 is 2.88 bits per heavy atom. The molecule has 3 nitrogen and oxygen atoms in total. The largest absolute Gasteiger partial charge is 0.349 e. The molecule has 0 spiro atoms. The van der Waals surface area contributed by atoms with Gasteiger partial charge in [0, 0.05) is 25.7 Å². The third-order valence-electron chi connectivity index (χ3n) is 2.77. The predicted octanol–water partition coefficient (Wildman–Crippen LogP) is 0.430. The van der Waals surface area contributed by atoms with E-state index in [0.717, 1.165) is 25.1 Å². The Labute approximate surface area is 97.1 Å². The van der Waals surface area contributed by atoms with Crippen molar-refractivity contribution in [1.82, 2.24) is 10.2 Å². The molecule has 1 saturated heterocycles. The number of amides is 1. The fraction of sp³-hybridized carbons (Fsp3) is 0.417. The van der Waals surface area contributed by atoms with Crippen molar-refractivity contribution in [2.24, 2.45) is 0 Å². The lowest BCUT2D eigenvalue weighted by Crippen LogP contribution is -2.53. The highest BCUT2D eigenvalue weighted by Gasteiger charge is 2.20. The van der Waals surface area contributed by atoms with Crippen LogP contribution in [0.25, 0.3) is 0 Å². The van der Waals surface area contributed by atoms with Crippen LogP contribution in [0.4, 0.5) is 4.79 Å². The predicted molar refractivity (Wildman–Crippen MR) is 66.3 cm³/mol. The van der Waals surface area contributed by atoms with E-state index < -0.39 is 0 Å². The lowest BCUT2D eigenvalue weighted by atomic mass is 9.69. The second kappa shape index (κ2) is 5.17. The number of piperazine rings is 1. The Morgan fingerprint density at radius 2 is 2.19 bits per heavy atom. The summed E-state index contributed by atoms with van der Waals surface area (Å²) in [6.07, 6.45) is 0. The highest BCUT2D eigenvalue weighted by molar-refractivity contribution is 6.83. The van der Waals surface area contributed by atoms with Crippen LogP contribution < -0.4 is 10.8 Å². The molecule has 1 amide bonds. The summed E-state index contributed by atoms with van der Waals surface area (Å²) in [6.45, 7) is 4.58. The number of hydrogen-bond donors (Lipinski definition) is 1. The molecule has 0 aliphatic carbocycles. The van der Waals surface area contributed by atoms with Crippen LogP contribution in [0.3, 0.4) is 0 Å². The van der Waals surface area contributed by atoms with Crippen LogP contribution in [0.2, 0.25) is 0 Å². The highest BCUT2D eigenvalue weighted by atomic mass is 16.2. The molecule has 0 saturated carbocycles. The van der Waals surface area contributed by atoms with E-state index in [-0.39, 0.29) is 5.81 Å². The number of carbonyl (C=O) groups is 1. The van der Waals surface area contributed by atoms with Crippen LogP contribution in [0.1, 0.15) is 6.92 Å². The topological polar surface area (TPSA) is 32.3 Å². The van der Waals surface area contributed by atoms with Crippen LogP contribution >= 0.6 is 0 Å². The summed E-state index contributed by atoms with van der Waals surface area (Å²) >= 11 is 0. The SMILES string of the molecule is CC1CN(C(=O)[B]c2ccccc2)CCN1. The number of nitrogens with one attached hydrogen (secondary N) is 1. The van der Waals surface area contributed by atoms with Crippen molar-refractivity contribution in [2.75, 3.05) is 19.6 Å². The average molecular weight is 215 g/mol. The summed E-state index contributed by atoms with van der Waals surface area (Å²) in [7, 11) is 1.71. The van der Waals surface area contributed by atoms with Crippen molar-refractivity contribution in [3.63, 3.8) is 0 Å². The maximum atomic E-state index is 12.0. The lowest BCUT2D eigenvalue weighted by molar-refractivity contribution is 0.201. The maximum Gasteiger partial charge on any atom is 0.271 e. The van der Waals surface area contributed by atoms with Gasteiger partial charge in [-0.2, -0.15) is 0 Å². The summed E-state index contributed by atoms with van der Waals surface area (Å²) in [5.41, 5.74) is 0.971. The van der Waals surface area contributed by atoms with Gasteiger partial charge >= 0.3 is 0 Å². The molecule has 1 aliphatic heterocycles. The van der Waals surface area contributed by atoms with Gasteiger partial charge in [0.15, 0.2) is 5.81 Å². The molecule has 1 N–H and O–H groups in total. The Kier molecular flexibility index (Phi) is 3.62. The molecule has 1 radical (unpaired) electrons. The van der Waals surface area contributed by atoms with Gasteiger partial charge in [0.05, 0.1) is 0 Å². The zero-order valence-corrected chi connectivity index (χ0v) is 9.52. The first-order chi connectivity index (χ1) is 7.75. The first-order valence-electron chi connectivity index (χ1n) is 5.68. The standard InChI is InChI=1S/C12H16BN2O/c1-10-9-15(8-7-14-10)12(16)13-11-5-3-2-4-6-11/h2-6,10,14H,7-9H2,1H3. The zero-order valence-electron chi connectivity index (χ0n) is 9.52. The van der Waals surface area contributed by atoms with E-state index in [1.54, 1.807) is 7.28 Å². The van der Waals surface area contributed by atoms with Gasteiger partial charge in [0.25, 0.3) is 7.28 Å². The molecule has 1 unspecified atom stereocenters. The van der Waals surface area contributed by atoms with Crippen LogP contribution in [0, 0.1) is 0 Å². The third kappa shape index (κ3) is 2.86. The first-order valence-corrected chi connectivity index (χ1v) is 5.68. The van der Waals surface area contributed by atoms with Gasteiger partial charge in [-0.05, 0) is 6.92 Å². The molecule has 0 bridgehead atoms. The van der Waals surface area contributed by atoms with Gasteiger partial charge in [0.2, 0.25) is 0 Å². The molecule has 1 aliphatic rings. The summed E-state index contributed by atoms with van der Waals surface area (Å²) in [5.74, 6) is 0.111. The molecule has 1 aromatic carbocycles. The van der Waals surface area contributed by atoms with Gasteiger partial charge in [0.1, 0.15) is 0 Å². The second-order valence-corrected chi connectivity index (χ2v) is 4.19. The quantitative estimate of drug-likeness (QED) is 0.725. The normalized spacial score (nSPS) is 20.6. The van der Waals surface area contributed by atoms with Gasteiger partial charge in [-0.1, -0.05) is 35.8 Å². The maximum absolute atomic E-state index is 12.0. The van der Waals surface area contributed by atoms with Crippen molar-refractivity contribution in [3.8, 4) is 0 Å². The third-order valence-corrected chi connectivity index (χ3v) is 2.77. The Hall–Kier alpha value is -1.29. The summed E-state index contributed by atoms with van der Waals surface area (Å²) in [5, 5.41) is 3.32. The fourth-order valence-electron chi connectivity index (χ4n) is 1.92. The number of rotatable bonds is 2. The molecule has 1 fully saturated rings.